The molecule has 0 aliphatic carbocycles. The van der Waals surface area contributed by atoms with Crippen LogP contribution in [0.15, 0.2) is 18.5 Å². The van der Waals surface area contributed by atoms with Crippen molar-refractivity contribution in [1.82, 2.24) is 9.88 Å². The molecule has 0 spiro atoms. The Bertz CT molecular complexity index is 482. The molecule has 1 aromatic heterocycles. The molecule has 0 bridgehead atoms. The van der Waals surface area contributed by atoms with Crippen molar-refractivity contribution >= 4 is 17.6 Å². The van der Waals surface area contributed by atoms with Gasteiger partial charge in [-0.2, -0.15) is 0 Å². The Labute approximate surface area is 130 Å². The molecule has 2 heterocycles. The largest absolute Gasteiger partial charge is 0.459 e. The summed E-state index contributed by atoms with van der Waals surface area (Å²) < 4.78 is 10.9. The number of aromatic nitrogens is 1. The molecule has 0 aromatic carbocycles. The van der Waals surface area contributed by atoms with Gasteiger partial charge < -0.3 is 9.47 Å². The molecule has 1 aromatic rings. The topological polar surface area (TPSA) is 51.7 Å². The molecule has 1 fully saturated rings. The van der Waals surface area contributed by atoms with Gasteiger partial charge in [-0.3, -0.25) is 9.88 Å². The molecular weight excluding hydrogens is 292 g/mol. The fourth-order valence-electron chi connectivity index (χ4n) is 2.35. The van der Waals surface area contributed by atoms with Crippen LogP contribution in [0.1, 0.15) is 24.2 Å². The minimum Gasteiger partial charge on any atom is -0.459 e. The quantitative estimate of drug-likeness (QED) is 0.781. The van der Waals surface area contributed by atoms with Crippen LogP contribution in [0.2, 0.25) is 5.02 Å². The lowest BCUT2D eigenvalue weighted by atomic mass is 10.2. The van der Waals surface area contributed by atoms with Crippen LogP contribution in [0.3, 0.4) is 0 Å². The minimum absolute atomic E-state index is 0.0814. The van der Waals surface area contributed by atoms with E-state index in [1.54, 1.807) is 6.07 Å². The van der Waals surface area contributed by atoms with E-state index in [9.17, 15) is 4.79 Å². The molecule has 1 atom stereocenters. The molecule has 1 aliphatic heterocycles. The zero-order chi connectivity index (χ0) is 15.2. The van der Waals surface area contributed by atoms with E-state index < -0.39 is 5.97 Å². The number of carbonyl (C=O) groups is 1. The Kier molecular flexibility index (Phi) is 5.96. The van der Waals surface area contributed by atoms with Gasteiger partial charge in [0.1, 0.15) is 12.7 Å². The summed E-state index contributed by atoms with van der Waals surface area (Å²) in [5.74, 6) is 0.175. The lowest BCUT2D eigenvalue weighted by Gasteiger charge is -2.33. The highest BCUT2D eigenvalue weighted by Crippen LogP contribution is 2.15. The number of morpholine rings is 1. The molecule has 0 saturated carbocycles. The highest BCUT2D eigenvalue weighted by Gasteiger charge is 2.23. The molecule has 1 saturated heterocycles. The fraction of sp³-hybridized carbons (Fsp3) is 0.600. The van der Waals surface area contributed by atoms with Crippen molar-refractivity contribution in [3.05, 3.63) is 29.0 Å². The van der Waals surface area contributed by atoms with Crippen molar-refractivity contribution in [2.75, 3.05) is 32.8 Å². The van der Waals surface area contributed by atoms with E-state index in [1.807, 2.05) is 0 Å². The third-order valence-electron chi connectivity index (χ3n) is 3.24. The summed E-state index contributed by atoms with van der Waals surface area (Å²) in [5, 5.41) is 0.300. The van der Waals surface area contributed by atoms with Crippen LogP contribution in [0.25, 0.3) is 0 Å². The summed E-state index contributed by atoms with van der Waals surface area (Å²) in [7, 11) is 0. The highest BCUT2D eigenvalue weighted by molar-refractivity contribution is 6.33. The average Bonchev–Trinajstić information content (AvgIpc) is 2.45. The van der Waals surface area contributed by atoms with E-state index in [2.05, 4.69) is 23.7 Å². The van der Waals surface area contributed by atoms with E-state index in [4.69, 9.17) is 21.1 Å². The second-order valence-electron chi connectivity index (χ2n) is 5.60. The van der Waals surface area contributed by atoms with Crippen LogP contribution in [-0.4, -0.2) is 54.8 Å². The molecule has 0 N–H and O–H groups in total. The normalized spacial score (nSPS) is 19.7. The summed E-state index contributed by atoms with van der Waals surface area (Å²) in [5.41, 5.74) is 0.335. The van der Waals surface area contributed by atoms with Crippen LogP contribution in [0.5, 0.6) is 0 Å². The van der Waals surface area contributed by atoms with Crippen LogP contribution < -0.4 is 0 Å². The van der Waals surface area contributed by atoms with Gasteiger partial charge in [-0.1, -0.05) is 25.4 Å². The Hall–Kier alpha value is -1.17. The first-order valence-corrected chi connectivity index (χ1v) is 7.54. The van der Waals surface area contributed by atoms with Crippen LogP contribution in [0.4, 0.5) is 0 Å². The lowest BCUT2D eigenvalue weighted by Crippen LogP contribution is -2.45. The SMILES string of the molecule is CC(C)CN1CCO[C@H](COC(=O)c2ccncc2Cl)C1. The first-order valence-electron chi connectivity index (χ1n) is 7.17. The summed E-state index contributed by atoms with van der Waals surface area (Å²) in [4.78, 5) is 18.1. The third kappa shape index (κ3) is 4.95. The van der Waals surface area contributed by atoms with E-state index in [-0.39, 0.29) is 12.7 Å². The summed E-state index contributed by atoms with van der Waals surface area (Å²) >= 11 is 5.92. The minimum atomic E-state index is -0.438. The Morgan fingerprint density at radius 1 is 1.62 bits per heavy atom. The Morgan fingerprint density at radius 3 is 3.14 bits per heavy atom. The number of carbonyl (C=O) groups excluding carboxylic acids is 1. The van der Waals surface area contributed by atoms with Gasteiger partial charge in [0.25, 0.3) is 0 Å². The van der Waals surface area contributed by atoms with Gasteiger partial charge in [0.2, 0.25) is 0 Å². The highest BCUT2D eigenvalue weighted by atomic mass is 35.5. The standard InChI is InChI=1S/C15H21ClN2O3/c1-11(2)8-18-5-6-20-12(9-18)10-21-15(19)13-3-4-17-7-14(13)16/h3-4,7,11-12H,5-6,8-10H2,1-2H3/t12-/m0/s1. The number of pyridine rings is 1. The van der Waals surface area contributed by atoms with Gasteiger partial charge >= 0.3 is 5.97 Å². The maximum atomic E-state index is 12.0. The number of ether oxygens (including phenoxy) is 2. The van der Waals surface area contributed by atoms with Gasteiger partial charge in [0, 0.05) is 32.0 Å². The van der Waals surface area contributed by atoms with Crippen molar-refractivity contribution < 1.29 is 14.3 Å². The molecule has 0 radical (unpaired) electrons. The van der Waals surface area contributed by atoms with Gasteiger partial charge in [-0.25, -0.2) is 4.79 Å². The molecular formula is C15H21ClN2O3. The molecule has 5 nitrogen and oxygen atoms in total. The number of hydrogen-bond donors (Lipinski definition) is 0. The number of nitrogens with zero attached hydrogens (tertiary/aromatic N) is 2. The predicted octanol–water partition coefficient (Wildman–Crippen LogP) is 2.25. The van der Waals surface area contributed by atoms with E-state index in [0.717, 1.165) is 19.6 Å². The third-order valence-corrected chi connectivity index (χ3v) is 3.54. The summed E-state index contributed by atoms with van der Waals surface area (Å²) in [6, 6.07) is 1.55. The zero-order valence-electron chi connectivity index (χ0n) is 12.4. The van der Waals surface area contributed by atoms with Gasteiger partial charge in [-0.05, 0) is 12.0 Å². The van der Waals surface area contributed by atoms with Crippen molar-refractivity contribution in [3.63, 3.8) is 0 Å². The lowest BCUT2D eigenvalue weighted by molar-refractivity contribution is -0.0612. The zero-order valence-corrected chi connectivity index (χ0v) is 13.2. The first kappa shape index (κ1) is 16.2. The van der Waals surface area contributed by atoms with Crippen LogP contribution in [0, 0.1) is 5.92 Å². The Balaban J connectivity index is 1.82. The molecule has 116 valence electrons. The van der Waals surface area contributed by atoms with E-state index >= 15 is 0 Å². The van der Waals surface area contributed by atoms with Crippen molar-refractivity contribution in [1.29, 1.82) is 0 Å². The van der Waals surface area contributed by atoms with Crippen molar-refractivity contribution in [2.24, 2.45) is 5.92 Å². The monoisotopic (exact) mass is 312 g/mol. The molecule has 2 rings (SSSR count). The average molecular weight is 313 g/mol. The maximum Gasteiger partial charge on any atom is 0.339 e. The second kappa shape index (κ2) is 7.73. The Morgan fingerprint density at radius 2 is 2.43 bits per heavy atom. The summed E-state index contributed by atoms with van der Waals surface area (Å²) in [6.45, 7) is 8.04. The van der Waals surface area contributed by atoms with Gasteiger partial charge in [0.15, 0.2) is 0 Å². The molecule has 1 aliphatic rings. The van der Waals surface area contributed by atoms with Crippen LogP contribution >= 0.6 is 11.6 Å². The van der Waals surface area contributed by atoms with Crippen LogP contribution in [-0.2, 0) is 9.47 Å². The van der Waals surface area contributed by atoms with E-state index in [0.29, 0.717) is 23.1 Å². The van der Waals surface area contributed by atoms with E-state index in [1.165, 1.54) is 12.4 Å². The number of esters is 1. The number of halogens is 1. The van der Waals surface area contributed by atoms with Crippen molar-refractivity contribution in [3.8, 4) is 0 Å². The number of rotatable bonds is 5. The van der Waals surface area contributed by atoms with Gasteiger partial charge in [0.05, 0.1) is 17.2 Å². The molecule has 21 heavy (non-hydrogen) atoms. The molecule has 0 unspecified atom stereocenters. The number of hydrogen-bond acceptors (Lipinski definition) is 5. The first-order chi connectivity index (χ1) is 10.1. The predicted molar refractivity (Wildman–Crippen MR) is 80.5 cm³/mol. The molecule has 0 amide bonds. The molecule has 6 heteroatoms. The van der Waals surface area contributed by atoms with Crippen molar-refractivity contribution in [2.45, 2.75) is 20.0 Å². The fourth-order valence-corrected chi connectivity index (χ4v) is 2.55. The second-order valence-corrected chi connectivity index (χ2v) is 6.01. The summed E-state index contributed by atoms with van der Waals surface area (Å²) in [6.07, 6.45) is 2.87. The smallest absolute Gasteiger partial charge is 0.339 e. The maximum absolute atomic E-state index is 12.0. The van der Waals surface area contributed by atoms with Gasteiger partial charge in [-0.15, -0.1) is 0 Å².